The molecule has 0 spiro atoms. The maximum atomic E-state index is 14.7. The summed E-state index contributed by atoms with van der Waals surface area (Å²) >= 11 is 0. The SMILES string of the molecule is CC(C)OC(=O)N1CCC(CCCOc2ccc(CC(=O)N3CC(CNCC(O)C(O)C(O)C(O)CO)C3)c(F)c2)CC1. The molecule has 2 aliphatic rings. The van der Waals surface area contributed by atoms with Crippen LogP contribution in [0.4, 0.5) is 9.18 Å². The lowest BCUT2D eigenvalue weighted by Crippen LogP contribution is -2.55. The molecular weight excluding hydrogens is 565 g/mol. The number of aliphatic hydroxyl groups is 5. The molecule has 4 atom stereocenters. The number of carbonyl (C=O) groups excluding carboxylic acids is 2. The fourth-order valence-electron chi connectivity index (χ4n) is 5.30. The molecule has 2 amide bonds. The molecule has 0 bridgehead atoms. The molecule has 244 valence electrons. The Balaban J connectivity index is 1.28. The van der Waals surface area contributed by atoms with Crippen LogP contribution in [-0.4, -0.2) is 130 Å². The van der Waals surface area contributed by atoms with E-state index in [2.05, 4.69) is 5.32 Å². The first-order chi connectivity index (χ1) is 20.5. The lowest BCUT2D eigenvalue weighted by molar-refractivity contribution is -0.136. The van der Waals surface area contributed by atoms with Crippen LogP contribution in [-0.2, 0) is 16.0 Å². The molecule has 13 heteroatoms. The molecule has 2 fully saturated rings. The zero-order valence-corrected chi connectivity index (χ0v) is 25.1. The minimum Gasteiger partial charge on any atom is -0.493 e. The zero-order chi connectivity index (χ0) is 31.5. The van der Waals surface area contributed by atoms with Crippen molar-refractivity contribution in [1.29, 1.82) is 0 Å². The predicted molar refractivity (Wildman–Crippen MR) is 155 cm³/mol. The molecule has 4 unspecified atom stereocenters. The summed E-state index contributed by atoms with van der Waals surface area (Å²) < 4.78 is 25.7. The van der Waals surface area contributed by atoms with Gasteiger partial charge in [-0.3, -0.25) is 4.79 Å². The van der Waals surface area contributed by atoms with Crippen molar-refractivity contribution in [2.75, 3.05) is 52.5 Å². The average molecular weight is 614 g/mol. The van der Waals surface area contributed by atoms with Crippen LogP contribution in [0.1, 0.15) is 45.1 Å². The summed E-state index contributed by atoms with van der Waals surface area (Å²) in [6.07, 6.45) is -3.01. The number of ether oxygens (including phenoxy) is 2. The Morgan fingerprint density at radius 1 is 1.02 bits per heavy atom. The Morgan fingerprint density at radius 2 is 1.70 bits per heavy atom. The number of likely N-dealkylation sites (tertiary alicyclic amines) is 2. The standard InChI is InChI=1S/C30H48FN3O9/c1-19(2)43-30(41)33-9-7-20(8-10-33)4-3-11-42-23-6-5-22(24(31)13-23)12-27(38)34-16-21(17-34)14-32-15-25(36)28(39)29(40)26(37)18-35/h5-6,13,19-21,25-26,28-29,32,35-37,39-40H,3-4,7-12,14-18H2,1-2H3. The Labute approximate surface area is 252 Å². The molecule has 43 heavy (non-hydrogen) atoms. The first-order valence-electron chi connectivity index (χ1n) is 15.2. The average Bonchev–Trinajstić information content (AvgIpc) is 2.96. The molecule has 6 N–H and O–H groups in total. The summed E-state index contributed by atoms with van der Waals surface area (Å²) in [5, 5.41) is 50.6. The van der Waals surface area contributed by atoms with Gasteiger partial charge >= 0.3 is 6.09 Å². The number of amides is 2. The van der Waals surface area contributed by atoms with Crippen molar-refractivity contribution in [2.45, 2.75) is 76.5 Å². The minimum absolute atomic E-state index is 0.0453. The third-order valence-corrected chi connectivity index (χ3v) is 8.02. The van der Waals surface area contributed by atoms with E-state index in [1.165, 1.54) is 6.07 Å². The van der Waals surface area contributed by atoms with Crippen molar-refractivity contribution in [3.05, 3.63) is 29.6 Å². The second-order valence-electron chi connectivity index (χ2n) is 11.9. The monoisotopic (exact) mass is 613 g/mol. The second-order valence-corrected chi connectivity index (χ2v) is 11.9. The van der Waals surface area contributed by atoms with Crippen LogP contribution in [0, 0.1) is 17.7 Å². The van der Waals surface area contributed by atoms with Crippen LogP contribution in [0.25, 0.3) is 0 Å². The number of hydrogen-bond donors (Lipinski definition) is 6. The molecule has 1 aromatic carbocycles. The van der Waals surface area contributed by atoms with Crippen LogP contribution in [0.15, 0.2) is 18.2 Å². The lowest BCUT2D eigenvalue weighted by Gasteiger charge is -2.39. The normalized spacial score (nSPS) is 19.1. The predicted octanol–water partition coefficient (Wildman–Crippen LogP) is 0.268. The van der Waals surface area contributed by atoms with Gasteiger partial charge in [-0.1, -0.05) is 6.07 Å². The molecule has 12 nitrogen and oxygen atoms in total. The molecule has 3 rings (SSSR count). The number of benzene rings is 1. The number of rotatable bonds is 16. The van der Waals surface area contributed by atoms with Crippen molar-refractivity contribution >= 4 is 12.0 Å². The van der Waals surface area contributed by atoms with Gasteiger partial charge in [0.1, 0.15) is 29.9 Å². The fraction of sp³-hybridized carbons (Fsp3) is 0.733. The highest BCUT2D eigenvalue weighted by atomic mass is 19.1. The first kappa shape index (κ1) is 34.9. The smallest absolute Gasteiger partial charge is 0.410 e. The maximum absolute atomic E-state index is 14.7. The summed E-state index contributed by atoms with van der Waals surface area (Å²) in [5.74, 6) is 0.367. The molecular formula is C30H48FN3O9. The lowest BCUT2D eigenvalue weighted by atomic mass is 9.92. The number of halogens is 1. The van der Waals surface area contributed by atoms with Gasteiger partial charge in [0, 0.05) is 51.3 Å². The van der Waals surface area contributed by atoms with E-state index in [4.69, 9.17) is 14.6 Å². The van der Waals surface area contributed by atoms with E-state index in [1.807, 2.05) is 13.8 Å². The summed E-state index contributed by atoms with van der Waals surface area (Å²) in [6, 6.07) is 4.55. The molecule has 1 aromatic rings. The fourth-order valence-corrected chi connectivity index (χ4v) is 5.30. The van der Waals surface area contributed by atoms with Crippen LogP contribution in [0.2, 0.25) is 0 Å². The number of piperidine rings is 1. The minimum atomic E-state index is -1.68. The molecule has 2 heterocycles. The Morgan fingerprint density at radius 3 is 2.33 bits per heavy atom. The summed E-state index contributed by atoms with van der Waals surface area (Å²) in [5.41, 5.74) is 0.294. The van der Waals surface area contributed by atoms with E-state index in [1.54, 1.807) is 21.9 Å². The first-order valence-corrected chi connectivity index (χ1v) is 15.2. The highest BCUT2D eigenvalue weighted by molar-refractivity contribution is 5.79. The Kier molecular flexibility index (Phi) is 13.9. The van der Waals surface area contributed by atoms with E-state index in [0.29, 0.717) is 56.6 Å². The van der Waals surface area contributed by atoms with Gasteiger partial charge in [0.25, 0.3) is 0 Å². The second kappa shape index (κ2) is 17.1. The van der Waals surface area contributed by atoms with Gasteiger partial charge in [-0.05, 0) is 57.1 Å². The van der Waals surface area contributed by atoms with E-state index in [-0.39, 0.29) is 37.0 Å². The quantitative estimate of drug-likeness (QED) is 0.142. The summed E-state index contributed by atoms with van der Waals surface area (Å²) in [6.45, 7) is 6.13. The van der Waals surface area contributed by atoms with E-state index in [9.17, 15) is 34.4 Å². The number of carbonyl (C=O) groups is 2. The van der Waals surface area contributed by atoms with Crippen LogP contribution in [0.3, 0.4) is 0 Å². The zero-order valence-electron chi connectivity index (χ0n) is 25.1. The van der Waals surface area contributed by atoms with Crippen LogP contribution >= 0.6 is 0 Å². The summed E-state index contributed by atoms with van der Waals surface area (Å²) in [4.78, 5) is 28.0. The highest BCUT2D eigenvalue weighted by Gasteiger charge is 2.32. The van der Waals surface area contributed by atoms with E-state index < -0.39 is 36.8 Å². The topological polar surface area (TPSA) is 172 Å². The molecule has 0 radical (unpaired) electrons. The molecule has 2 aliphatic heterocycles. The van der Waals surface area contributed by atoms with Gasteiger partial charge in [-0.15, -0.1) is 0 Å². The summed E-state index contributed by atoms with van der Waals surface area (Å²) in [7, 11) is 0. The van der Waals surface area contributed by atoms with E-state index in [0.717, 1.165) is 25.7 Å². The van der Waals surface area contributed by atoms with Gasteiger partial charge in [0.05, 0.1) is 31.8 Å². The van der Waals surface area contributed by atoms with Gasteiger partial charge in [0.2, 0.25) is 5.91 Å². The third kappa shape index (κ3) is 10.8. The molecule has 0 aliphatic carbocycles. The van der Waals surface area contributed by atoms with Crippen molar-refractivity contribution < 1.29 is 49.0 Å². The van der Waals surface area contributed by atoms with Gasteiger partial charge < -0.3 is 50.1 Å². The van der Waals surface area contributed by atoms with Gasteiger partial charge in [0.15, 0.2) is 0 Å². The third-order valence-electron chi connectivity index (χ3n) is 8.02. The van der Waals surface area contributed by atoms with Crippen LogP contribution < -0.4 is 10.1 Å². The number of aliphatic hydroxyl groups excluding tert-OH is 5. The van der Waals surface area contributed by atoms with Gasteiger partial charge in [-0.25, -0.2) is 9.18 Å². The van der Waals surface area contributed by atoms with Crippen molar-refractivity contribution in [2.24, 2.45) is 11.8 Å². The number of nitrogens with one attached hydrogen (secondary N) is 1. The van der Waals surface area contributed by atoms with Crippen molar-refractivity contribution in [3.8, 4) is 5.75 Å². The largest absolute Gasteiger partial charge is 0.493 e. The molecule has 0 saturated carbocycles. The van der Waals surface area contributed by atoms with Crippen LogP contribution in [0.5, 0.6) is 5.75 Å². The van der Waals surface area contributed by atoms with Crippen molar-refractivity contribution in [1.82, 2.24) is 15.1 Å². The van der Waals surface area contributed by atoms with Gasteiger partial charge in [-0.2, -0.15) is 0 Å². The number of hydrogen-bond acceptors (Lipinski definition) is 10. The maximum Gasteiger partial charge on any atom is 0.410 e. The van der Waals surface area contributed by atoms with E-state index >= 15 is 0 Å². The number of nitrogens with zero attached hydrogens (tertiary/aromatic N) is 2. The highest BCUT2D eigenvalue weighted by Crippen LogP contribution is 2.24. The Bertz CT molecular complexity index is 1020. The van der Waals surface area contributed by atoms with Crippen molar-refractivity contribution in [3.63, 3.8) is 0 Å². The Hall–Kier alpha value is -2.55. The molecule has 2 saturated heterocycles. The molecule has 0 aromatic heterocycles.